The Bertz CT molecular complexity index is 825. The van der Waals surface area contributed by atoms with Crippen LogP contribution in [0.25, 0.3) is 11.0 Å². The first-order valence-corrected chi connectivity index (χ1v) is 7.19. The minimum absolute atomic E-state index is 0.158. The van der Waals surface area contributed by atoms with Crippen LogP contribution in [0, 0.1) is 6.92 Å². The minimum atomic E-state index is -0.998. The van der Waals surface area contributed by atoms with Gasteiger partial charge in [-0.1, -0.05) is 0 Å². The van der Waals surface area contributed by atoms with E-state index >= 15 is 0 Å². The molecule has 23 heavy (non-hydrogen) atoms. The number of esters is 2. The van der Waals surface area contributed by atoms with Crippen molar-refractivity contribution in [2.24, 2.45) is 0 Å². The van der Waals surface area contributed by atoms with Crippen LogP contribution in [0.1, 0.15) is 29.9 Å². The lowest BCUT2D eigenvalue weighted by atomic mass is 10.2. The fourth-order valence-corrected chi connectivity index (χ4v) is 2.26. The lowest BCUT2D eigenvalue weighted by Crippen LogP contribution is -2.25. The van der Waals surface area contributed by atoms with Gasteiger partial charge in [0.15, 0.2) is 6.10 Å². The quantitative estimate of drug-likeness (QED) is 0.793. The van der Waals surface area contributed by atoms with E-state index in [4.69, 9.17) is 4.74 Å². The van der Waals surface area contributed by atoms with E-state index in [1.165, 1.54) is 20.1 Å². The average Bonchev–Trinajstić information content (AvgIpc) is 2.54. The van der Waals surface area contributed by atoms with Gasteiger partial charge in [-0.3, -0.25) is 4.79 Å². The van der Waals surface area contributed by atoms with Crippen molar-refractivity contribution >= 4 is 23.0 Å². The van der Waals surface area contributed by atoms with Crippen molar-refractivity contribution in [3.05, 3.63) is 39.8 Å². The summed E-state index contributed by atoms with van der Waals surface area (Å²) in [6.07, 6.45) is -0.998. The van der Waals surface area contributed by atoms with E-state index in [9.17, 15) is 14.4 Å². The van der Waals surface area contributed by atoms with Gasteiger partial charge in [-0.15, -0.1) is 0 Å². The summed E-state index contributed by atoms with van der Waals surface area (Å²) >= 11 is 0. The maximum Gasteiger partial charge on any atom is 0.346 e. The molecule has 0 N–H and O–H groups in total. The van der Waals surface area contributed by atoms with Crippen LogP contribution in [0.4, 0.5) is 0 Å². The molecule has 2 rings (SSSR count). The van der Waals surface area contributed by atoms with Crippen molar-refractivity contribution in [2.75, 3.05) is 7.11 Å². The average molecular weight is 318 g/mol. The molecular formula is C16H18N2O5. The molecule has 1 atom stereocenters. The van der Waals surface area contributed by atoms with E-state index in [0.717, 1.165) is 0 Å². The third kappa shape index (κ3) is 3.23. The summed E-state index contributed by atoms with van der Waals surface area (Å²) in [4.78, 5) is 39.7. The Hall–Kier alpha value is -2.70. The topological polar surface area (TPSA) is 87.5 Å². The molecule has 0 bridgehead atoms. The Kier molecular flexibility index (Phi) is 4.78. The molecule has 1 aromatic carbocycles. The molecule has 0 saturated carbocycles. The SMILES string of the molecule is CCn1c(=O)c(C)nc2cc(C(=O)O[C@@H](C)C(=O)OC)ccc21. The largest absolute Gasteiger partial charge is 0.466 e. The van der Waals surface area contributed by atoms with Crippen LogP contribution >= 0.6 is 0 Å². The van der Waals surface area contributed by atoms with Crippen LogP contribution in [-0.4, -0.2) is 34.7 Å². The van der Waals surface area contributed by atoms with E-state index in [0.29, 0.717) is 23.3 Å². The van der Waals surface area contributed by atoms with E-state index in [-0.39, 0.29) is 11.1 Å². The summed E-state index contributed by atoms with van der Waals surface area (Å²) < 4.78 is 11.1. The van der Waals surface area contributed by atoms with Crippen molar-refractivity contribution in [3.63, 3.8) is 0 Å². The Morgan fingerprint density at radius 3 is 2.65 bits per heavy atom. The number of carbonyl (C=O) groups is 2. The molecule has 0 unspecified atom stereocenters. The molecule has 0 aliphatic rings. The summed E-state index contributed by atoms with van der Waals surface area (Å²) in [5, 5.41) is 0. The molecule has 0 amide bonds. The predicted molar refractivity (Wildman–Crippen MR) is 83.3 cm³/mol. The molecule has 122 valence electrons. The van der Waals surface area contributed by atoms with Gasteiger partial charge >= 0.3 is 11.9 Å². The molecule has 0 spiro atoms. The number of nitrogens with zero attached hydrogens (tertiary/aromatic N) is 2. The maximum atomic E-state index is 12.1. The molecule has 0 aliphatic heterocycles. The normalized spacial score (nSPS) is 12.0. The molecular weight excluding hydrogens is 300 g/mol. The zero-order valence-electron chi connectivity index (χ0n) is 13.5. The van der Waals surface area contributed by atoms with Crippen molar-refractivity contribution in [3.8, 4) is 0 Å². The highest BCUT2D eigenvalue weighted by molar-refractivity contribution is 5.94. The second-order valence-electron chi connectivity index (χ2n) is 5.02. The van der Waals surface area contributed by atoms with Gasteiger partial charge in [0.2, 0.25) is 0 Å². The number of aromatic nitrogens is 2. The number of methoxy groups -OCH3 is 1. The zero-order chi connectivity index (χ0) is 17.1. The number of rotatable bonds is 4. The van der Waals surface area contributed by atoms with Crippen molar-refractivity contribution in [1.82, 2.24) is 9.55 Å². The Morgan fingerprint density at radius 1 is 1.35 bits per heavy atom. The van der Waals surface area contributed by atoms with Gasteiger partial charge < -0.3 is 14.0 Å². The third-order valence-corrected chi connectivity index (χ3v) is 3.48. The molecule has 7 heteroatoms. The lowest BCUT2D eigenvalue weighted by molar-refractivity contribution is -0.149. The van der Waals surface area contributed by atoms with Crippen LogP contribution in [0.3, 0.4) is 0 Å². The van der Waals surface area contributed by atoms with Gasteiger partial charge in [0, 0.05) is 6.54 Å². The summed E-state index contributed by atoms with van der Waals surface area (Å²) in [6, 6.07) is 4.73. The van der Waals surface area contributed by atoms with E-state index < -0.39 is 18.0 Å². The van der Waals surface area contributed by atoms with Gasteiger partial charge in [0.1, 0.15) is 5.69 Å². The first-order valence-electron chi connectivity index (χ1n) is 7.19. The van der Waals surface area contributed by atoms with Crippen LogP contribution in [0.5, 0.6) is 0 Å². The molecule has 0 radical (unpaired) electrons. The third-order valence-electron chi connectivity index (χ3n) is 3.48. The Balaban J connectivity index is 2.41. The summed E-state index contributed by atoms with van der Waals surface area (Å²) in [5.41, 5.74) is 1.61. The van der Waals surface area contributed by atoms with E-state index in [1.54, 1.807) is 23.6 Å². The number of fused-ring (bicyclic) bond motifs is 1. The first kappa shape index (κ1) is 16.7. The molecule has 0 fully saturated rings. The fraction of sp³-hybridized carbons (Fsp3) is 0.375. The minimum Gasteiger partial charge on any atom is -0.466 e. The van der Waals surface area contributed by atoms with Gasteiger partial charge in [0.25, 0.3) is 5.56 Å². The number of aryl methyl sites for hydroxylation is 2. The zero-order valence-corrected chi connectivity index (χ0v) is 13.5. The van der Waals surface area contributed by atoms with E-state index in [1.807, 2.05) is 6.92 Å². The summed E-state index contributed by atoms with van der Waals surface area (Å²) in [5.74, 6) is -1.29. The maximum absolute atomic E-state index is 12.1. The highest BCUT2D eigenvalue weighted by Gasteiger charge is 2.20. The standard InChI is InChI=1S/C16H18N2O5/c1-5-18-13-7-6-11(8-12(13)17-9(2)14(18)19)16(21)23-10(3)15(20)22-4/h6-8,10H,5H2,1-4H3/t10-/m0/s1. The summed E-state index contributed by atoms with van der Waals surface area (Å²) in [7, 11) is 1.22. The molecule has 0 aliphatic carbocycles. The van der Waals surface area contributed by atoms with Crippen LogP contribution < -0.4 is 5.56 Å². The number of carbonyl (C=O) groups excluding carboxylic acids is 2. The van der Waals surface area contributed by atoms with Gasteiger partial charge in [-0.25, -0.2) is 14.6 Å². The smallest absolute Gasteiger partial charge is 0.346 e. The monoisotopic (exact) mass is 318 g/mol. The number of hydrogen-bond acceptors (Lipinski definition) is 6. The van der Waals surface area contributed by atoms with Gasteiger partial charge in [-0.05, 0) is 39.0 Å². The molecule has 1 aromatic heterocycles. The Labute approximate surface area is 132 Å². The molecule has 2 aromatic rings. The molecule has 0 saturated heterocycles. The lowest BCUT2D eigenvalue weighted by Gasteiger charge is -2.12. The summed E-state index contributed by atoms with van der Waals surface area (Å²) in [6.45, 7) is 5.42. The number of ether oxygens (including phenoxy) is 2. The fourth-order valence-electron chi connectivity index (χ4n) is 2.26. The predicted octanol–water partition coefficient (Wildman–Crippen LogP) is 1.44. The second-order valence-corrected chi connectivity index (χ2v) is 5.02. The number of hydrogen-bond donors (Lipinski definition) is 0. The number of benzene rings is 1. The van der Waals surface area contributed by atoms with Crippen molar-refractivity contribution in [1.29, 1.82) is 0 Å². The van der Waals surface area contributed by atoms with E-state index in [2.05, 4.69) is 9.72 Å². The Morgan fingerprint density at radius 2 is 2.04 bits per heavy atom. The second kappa shape index (κ2) is 6.60. The van der Waals surface area contributed by atoms with Crippen LogP contribution in [0.2, 0.25) is 0 Å². The van der Waals surface area contributed by atoms with Crippen LogP contribution in [-0.2, 0) is 20.8 Å². The highest BCUT2D eigenvalue weighted by Crippen LogP contribution is 2.15. The van der Waals surface area contributed by atoms with Crippen molar-refractivity contribution in [2.45, 2.75) is 33.4 Å². The van der Waals surface area contributed by atoms with Gasteiger partial charge in [0.05, 0.1) is 23.7 Å². The van der Waals surface area contributed by atoms with Gasteiger partial charge in [-0.2, -0.15) is 0 Å². The first-order chi connectivity index (χ1) is 10.9. The molecule has 7 nitrogen and oxygen atoms in total. The van der Waals surface area contributed by atoms with Crippen LogP contribution in [0.15, 0.2) is 23.0 Å². The van der Waals surface area contributed by atoms with Crippen molar-refractivity contribution < 1.29 is 19.1 Å². The highest BCUT2D eigenvalue weighted by atomic mass is 16.6. The molecule has 1 heterocycles.